The van der Waals surface area contributed by atoms with E-state index >= 15 is 0 Å². The predicted molar refractivity (Wildman–Crippen MR) is 71.4 cm³/mol. The predicted octanol–water partition coefficient (Wildman–Crippen LogP) is 2.99. The molecule has 0 saturated carbocycles. The molecular weight excluding hydrogens is 288 g/mol. The summed E-state index contributed by atoms with van der Waals surface area (Å²) in [6.07, 6.45) is 2.19. The molecule has 1 N–H and O–H groups in total. The van der Waals surface area contributed by atoms with Crippen molar-refractivity contribution in [3.63, 3.8) is 0 Å². The zero-order valence-corrected chi connectivity index (χ0v) is 12.0. The molecule has 0 aromatic carbocycles. The van der Waals surface area contributed by atoms with Crippen LogP contribution >= 0.6 is 27.3 Å². The van der Waals surface area contributed by atoms with Gasteiger partial charge in [-0.2, -0.15) is 0 Å². The van der Waals surface area contributed by atoms with Gasteiger partial charge in [0.2, 0.25) is 0 Å². The van der Waals surface area contributed by atoms with Crippen molar-refractivity contribution in [2.75, 3.05) is 11.9 Å². The molecule has 1 aromatic heterocycles. The monoisotopic (exact) mass is 304 g/mol. The largest absolute Gasteiger partial charge is 0.351 e. The van der Waals surface area contributed by atoms with Gasteiger partial charge in [-0.1, -0.05) is 29.3 Å². The first-order valence-electron chi connectivity index (χ1n) is 5.43. The van der Waals surface area contributed by atoms with Gasteiger partial charge in [-0.3, -0.25) is 4.79 Å². The number of hydrogen-bond donors (Lipinski definition) is 1. The van der Waals surface area contributed by atoms with Crippen molar-refractivity contribution in [3.05, 3.63) is 16.1 Å². The Morgan fingerprint density at radius 1 is 1.69 bits per heavy atom. The van der Waals surface area contributed by atoms with Crippen molar-refractivity contribution >= 4 is 33.2 Å². The second-order valence-electron chi connectivity index (χ2n) is 3.73. The van der Waals surface area contributed by atoms with Crippen molar-refractivity contribution in [1.29, 1.82) is 0 Å². The second kappa shape index (κ2) is 7.01. The van der Waals surface area contributed by atoms with Crippen molar-refractivity contribution in [3.8, 4) is 0 Å². The number of carbonyl (C=O) groups excluding carboxylic acids is 1. The third-order valence-corrected chi connectivity index (χ3v) is 3.98. The molecule has 16 heavy (non-hydrogen) atoms. The Morgan fingerprint density at radius 2 is 2.44 bits per heavy atom. The van der Waals surface area contributed by atoms with Gasteiger partial charge in [0.1, 0.15) is 4.88 Å². The van der Waals surface area contributed by atoms with Crippen molar-refractivity contribution in [1.82, 2.24) is 10.3 Å². The van der Waals surface area contributed by atoms with E-state index in [1.165, 1.54) is 11.3 Å². The summed E-state index contributed by atoms with van der Waals surface area (Å²) in [7, 11) is 0. The van der Waals surface area contributed by atoms with Gasteiger partial charge in [0.25, 0.3) is 5.91 Å². The third-order valence-electron chi connectivity index (χ3n) is 2.60. The van der Waals surface area contributed by atoms with E-state index in [0.717, 1.165) is 35.3 Å². The topological polar surface area (TPSA) is 42.0 Å². The van der Waals surface area contributed by atoms with Crippen LogP contribution in [0.4, 0.5) is 0 Å². The van der Waals surface area contributed by atoms with E-state index in [0.29, 0.717) is 5.92 Å². The van der Waals surface area contributed by atoms with Crippen LogP contribution in [0.15, 0.2) is 5.51 Å². The first kappa shape index (κ1) is 13.6. The highest BCUT2D eigenvalue weighted by molar-refractivity contribution is 9.09. The smallest absolute Gasteiger partial charge is 0.263 e. The van der Waals surface area contributed by atoms with Gasteiger partial charge in [0.05, 0.1) is 11.2 Å². The maximum absolute atomic E-state index is 11.8. The first-order valence-corrected chi connectivity index (χ1v) is 7.43. The number of amides is 1. The molecule has 1 heterocycles. The Balaban J connectivity index is 2.43. The SMILES string of the molecule is CCC(CCBr)CNC(=O)c1scnc1C. The quantitative estimate of drug-likeness (QED) is 0.821. The number of alkyl halides is 1. The summed E-state index contributed by atoms with van der Waals surface area (Å²) >= 11 is 4.83. The lowest BCUT2D eigenvalue weighted by Gasteiger charge is -2.13. The number of halogens is 1. The van der Waals surface area contributed by atoms with E-state index in [4.69, 9.17) is 0 Å². The van der Waals surface area contributed by atoms with E-state index in [2.05, 4.69) is 33.2 Å². The van der Waals surface area contributed by atoms with Gasteiger partial charge in [0, 0.05) is 11.9 Å². The molecule has 3 nitrogen and oxygen atoms in total. The molecule has 1 rings (SSSR count). The van der Waals surface area contributed by atoms with Crippen LogP contribution in [0.2, 0.25) is 0 Å². The van der Waals surface area contributed by atoms with Gasteiger partial charge in [-0.25, -0.2) is 4.98 Å². The Morgan fingerprint density at radius 3 is 2.94 bits per heavy atom. The standard InChI is InChI=1S/C11H17BrN2OS/c1-3-9(4-5-12)6-13-11(15)10-8(2)14-7-16-10/h7,9H,3-6H2,1-2H3,(H,13,15). The Kier molecular flexibility index (Phi) is 5.98. The molecule has 1 aromatic rings. The maximum Gasteiger partial charge on any atom is 0.263 e. The Bertz CT molecular complexity index is 340. The molecule has 0 aliphatic rings. The van der Waals surface area contributed by atoms with Crippen molar-refractivity contribution < 1.29 is 4.79 Å². The minimum Gasteiger partial charge on any atom is -0.351 e. The van der Waals surface area contributed by atoms with Gasteiger partial charge in [0.15, 0.2) is 0 Å². The lowest BCUT2D eigenvalue weighted by molar-refractivity contribution is 0.0950. The zero-order chi connectivity index (χ0) is 12.0. The highest BCUT2D eigenvalue weighted by Gasteiger charge is 2.13. The lowest BCUT2D eigenvalue weighted by atomic mass is 10.0. The van der Waals surface area contributed by atoms with Crippen LogP contribution in [-0.2, 0) is 0 Å². The Labute approximate surface area is 109 Å². The zero-order valence-electron chi connectivity index (χ0n) is 9.62. The second-order valence-corrected chi connectivity index (χ2v) is 5.38. The van der Waals surface area contributed by atoms with Crippen LogP contribution in [0.1, 0.15) is 35.1 Å². The number of carbonyl (C=O) groups is 1. The Hall–Kier alpha value is -0.420. The first-order chi connectivity index (χ1) is 7.69. The molecule has 1 amide bonds. The molecular formula is C11H17BrN2OS. The summed E-state index contributed by atoms with van der Waals surface area (Å²) in [5.41, 5.74) is 2.52. The number of thiazole rings is 1. The van der Waals surface area contributed by atoms with E-state index in [1.54, 1.807) is 5.51 Å². The number of rotatable bonds is 6. The summed E-state index contributed by atoms with van der Waals surface area (Å²) in [4.78, 5) is 16.6. The van der Waals surface area contributed by atoms with E-state index in [9.17, 15) is 4.79 Å². The number of nitrogens with zero attached hydrogens (tertiary/aromatic N) is 1. The van der Waals surface area contributed by atoms with Crippen LogP contribution in [-0.4, -0.2) is 22.8 Å². The summed E-state index contributed by atoms with van der Waals surface area (Å²) in [6.45, 7) is 4.76. The number of hydrogen-bond acceptors (Lipinski definition) is 3. The highest BCUT2D eigenvalue weighted by Crippen LogP contribution is 2.13. The molecule has 1 atom stereocenters. The summed E-state index contributed by atoms with van der Waals surface area (Å²) in [5.74, 6) is 0.560. The fourth-order valence-electron chi connectivity index (χ4n) is 1.44. The van der Waals surface area contributed by atoms with Crippen LogP contribution in [0, 0.1) is 12.8 Å². The van der Waals surface area contributed by atoms with E-state index in [1.807, 2.05) is 6.92 Å². The van der Waals surface area contributed by atoms with E-state index < -0.39 is 0 Å². The lowest BCUT2D eigenvalue weighted by Crippen LogP contribution is -2.29. The van der Waals surface area contributed by atoms with Crippen LogP contribution in [0.3, 0.4) is 0 Å². The fraction of sp³-hybridized carbons (Fsp3) is 0.636. The molecule has 0 spiro atoms. The average Bonchev–Trinajstić information content (AvgIpc) is 2.70. The molecule has 0 fully saturated rings. The van der Waals surface area contributed by atoms with Crippen molar-refractivity contribution in [2.24, 2.45) is 5.92 Å². The molecule has 0 radical (unpaired) electrons. The summed E-state index contributed by atoms with van der Waals surface area (Å²) in [6, 6.07) is 0. The molecule has 5 heteroatoms. The van der Waals surface area contributed by atoms with Crippen LogP contribution in [0.25, 0.3) is 0 Å². The molecule has 90 valence electrons. The van der Waals surface area contributed by atoms with Gasteiger partial charge in [-0.05, 0) is 19.3 Å². The summed E-state index contributed by atoms with van der Waals surface area (Å²) in [5, 5.41) is 3.96. The molecule has 0 bridgehead atoms. The van der Waals surface area contributed by atoms with Crippen molar-refractivity contribution in [2.45, 2.75) is 26.7 Å². The average molecular weight is 305 g/mol. The molecule has 0 saturated heterocycles. The number of nitrogens with one attached hydrogen (secondary N) is 1. The molecule has 0 aliphatic carbocycles. The minimum atomic E-state index is 0.00743. The maximum atomic E-state index is 11.8. The number of aryl methyl sites for hydroxylation is 1. The van der Waals surface area contributed by atoms with Crippen LogP contribution in [0.5, 0.6) is 0 Å². The molecule has 1 unspecified atom stereocenters. The van der Waals surface area contributed by atoms with Gasteiger partial charge < -0.3 is 5.32 Å². The van der Waals surface area contributed by atoms with Crippen LogP contribution < -0.4 is 5.32 Å². The molecule has 0 aliphatic heterocycles. The third kappa shape index (κ3) is 3.87. The highest BCUT2D eigenvalue weighted by atomic mass is 79.9. The fourth-order valence-corrected chi connectivity index (χ4v) is 2.81. The normalized spacial score (nSPS) is 12.4. The number of aromatic nitrogens is 1. The van der Waals surface area contributed by atoms with Gasteiger partial charge in [-0.15, -0.1) is 11.3 Å². The van der Waals surface area contributed by atoms with E-state index in [-0.39, 0.29) is 5.91 Å². The minimum absolute atomic E-state index is 0.00743. The van der Waals surface area contributed by atoms with Gasteiger partial charge >= 0.3 is 0 Å². The summed E-state index contributed by atoms with van der Waals surface area (Å²) < 4.78 is 0.